The minimum Gasteiger partial charge on any atom is -0.311 e. The van der Waals surface area contributed by atoms with E-state index in [9.17, 15) is 0 Å². The Labute approximate surface area is 117 Å². The second kappa shape index (κ2) is 6.49. The van der Waals surface area contributed by atoms with Gasteiger partial charge in [-0.1, -0.05) is 27.7 Å². The topological polar surface area (TPSA) is 28.2 Å². The van der Waals surface area contributed by atoms with Crippen LogP contribution in [0.1, 0.15) is 33.3 Å². The third kappa shape index (κ3) is 3.77. The van der Waals surface area contributed by atoms with Crippen LogP contribution in [0.25, 0.3) is 0 Å². The summed E-state index contributed by atoms with van der Waals surface area (Å²) < 4.78 is 0. The van der Waals surface area contributed by atoms with Crippen LogP contribution < -0.4 is 5.32 Å². The molecule has 1 aromatic rings. The lowest BCUT2D eigenvalue weighted by Gasteiger charge is -2.43. The fraction of sp³-hybridized carbons (Fsp3) is 0.688. The van der Waals surface area contributed by atoms with Crippen LogP contribution >= 0.6 is 0 Å². The number of hydrogen-bond acceptors (Lipinski definition) is 3. The van der Waals surface area contributed by atoms with Crippen molar-refractivity contribution in [2.24, 2.45) is 11.8 Å². The van der Waals surface area contributed by atoms with E-state index in [1.165, 1.54) is 5.56 Å². The fourth-order valence-corrected chi connectivity index (χ4v) is 2.86. The van der Waals surface area contributed by atoms with Gasteiger partial charge >= 0.3 is 0 Å². The van der Waals surface area contributed by atoms with E-state index in [0.717, 1.165) is 19.6 Å². The van der Waals surface area contributed by atoms with E-state index in [4.69, 9.17) is 0 Å². The van der Waals surface area contributed by atoms with Crippen LogP contribution in [0, 0.1) is 11.8 Å². The zero-order valence-corrected chi connectivity index (χ0v) is 12.6. The first-order valence-corrected chi connectivity index (χ1v) is 7.44. The second-order valence-corrected chi connectivity index (χ2v) is 6.36. The quantitative estimate of drug-likeness (QED) is 0.903. The fourth-order valence-electron chi connectivity index (χ4n) is 2.86. The van der Waals surface area contributed by atoms with Crippen molar-refractivity contribution in [2.45, 2.75) is 46.3 Å². The summed E-state index contributed by atoms with van der Waals surface area (Å²) in [5.74, 6) is 1.37. The first kappa shape index (κ1) is 14.5. The number of aromatic nitrogens is 1. The lowest BCUT2D eigenvalue weighted by atomic mass is 9.94. The van der Waals surface area contributed by atoms with Gasteiger partial charge in [0.2, 0.25) is 0 Å². The van der Waals surface area contributed by atoms with Crippen LogP contribution in [0.5, 0.6) is 0 Å². The third-order valence-electron chi connectivity index (χ3n) is 4.20. The van der Waals surface area contributed by atoms with Gasteiger partial charge in [0.15, 0.2) is 0 Å². The van der Waals surface area contributed by atoms with Gasteiger partial charge in [-0.25, -0.2) is 0 Å². The number of piperazine rings is 1. The van der Waals surface area contributed by atoms with Crippen LogP contribution in [0.2, 0.25) is 0 Å². The average Bonchev–Trinajstić information content (AvgIpc) is 2.39. The molecule has 0 aromatic carbocycles. The maximum Gasteiger partial charge on any atom is 0.0271 e. The molecule has 1 N–H and O–H groups in total. The molecule has 1 saturated heterocycles. The normalized spacial score (nSPS) is 25.2. The predicted octanol–water partition coefficient (Wildman–Crippen LogP) is 2.54. The highest BCUT2D eigenvalue weighted by molar-refractivity contribution is 5.10. The summed E-state index contributed by atoms with van der Waals surface area (Å²) in [7, 11) is 0. The molecular weight excluding hydrogens is 234 g/mol. The zero-order chi connectivity index (χ0) is 13.8. The lowest BCUT2D eigenvalue weighted by molar-refractivity contribution is 0.0783. The van der Waals surface area contributed by atoms with Gasteiger partial charge in [0.1, 0.15) is 0 Å². The van der Waals surface area contributed by atoms with E-state index in [0.29, 0.717) is 23.9 Å². The summed E-state index contributed by atoms with van der Waals surface area (Å²) in [5.41, 5.74) is 1.37. The van der Waals surface area contributed by atoms with Gasteiger partial charge in [-0.3, -0.25) is 9.88 Å². The van der Waals surface area contributed by atoms with Crippen LogP contribution in [0.3, 0.4) is 0 Å². The Morgan fingerprint density at radius 3 is 2.47 bits per heavy atom. The van der Waals surface area contributed by atoms with Crippen molar-refractivity contribution in [3.63, 3.8) is 0 Å². The molecule has 2 heterocycles. The average molecular weight is 261 g/mol. The molecule has 3 heteroatoms. The summed E-state index contributed by atoms with van der Waals surface area (Å²) in [6.07, 6.45) is 3.78. The highest BCUT2D eigenvalue weighted by Gasteiger charge is 2.30. The Kier molecular flexibility index (Phi) is 4.94. The molecule has 1 aliphatic rings. The highest BCUT2D eigenvalue weighted by atomic mass is 15.2. The summed E-state index contributed by atoms with van der Waals surface area (Å²) in [5, 5.41) is 3.71. The van der Waals surface area contributed by atoms with Crippen molar-refractivity contribution in [1.82, 2.24) is 15.2 Å². The van der Waals surface area contributed by atoms with Gasteiger partial charge in [0.25, 0.3) is 0 Å². The zero-order valence-electron chi connectivity index (χ0n) is 12.6. The van der Waals surface area contributed by atoms with E-state index in [2.05, 4.69) is 55.0 Å². The molecule has 1 aromatic heterocycles. The Balaban J connectivity index is 2.07. The van der Waals surface area contributed by atoms with E-state index in [1.54, 1.807) is 0 Å². The van der Waals surface area contributed by atoms with Crippen LogP contribution in [-0.4, -0.2) is 35.1 Å². The largest absolute Gasteiger partial charge is 0.311 e. The standard InChI is InChI=1S/C16H27N3/c1-12(2)15-11-19(16(9-18-15)13(3)4)10-14-5-7-17-8-6-14/h5-8,12-13,15-16,18H,9-11H2,1-4H3. The van der Waals surface area contributed by atoms with Gasteiger partial charge in [-0.05, 0) is 29.5 Å². The molecule has 0 aliphatic carbocycles. The van der Waals surface area contributed by atoms with Crippen molar-refractivity contribution in [3.8, 4) is 0 Å². The molecule has 19 heavy (non-hydrogen) atoms. The smallest absolute Gasteiger partial charge is 0.0271 e. The van der Waals surface area contributed by atoms with Crippen LogP contribution in [0.4, 0.5) is 0 Å². The maximum absolute atomic E-state index is 4.10. The van der Waals surface area contributed by atoms with Crippen LogP contribution in [-0.2, 0) is 6.54 Å². The van der Waals surface area contributed by atoms with Crippen LogP contribution in [0.15, 0.2) is 24.5 Å². The molecule has 0 radical (unpaired) electrons. The van der Waals surface area contributed by atoms with Crippen molar-refractivity contribution in [2.75, 3.05) is 13.1 Å². The molecule has 1 fully saturated rings. The Morgan fingerprint density at radius 2 is 1.89 bits per heavy atom. The second-order valence-electron chi connectivity index (χ2n) is 6.36. The van der Waals surface area contributed by atoms with E-state index in [1.807, 2.05) is 12.4 Å². The molecule has 2 rings (SSSR count). The molecule has 0 amide bonds. The van der Waals surface area contributed by atoms with Gasteiger partial charge in [-0.2, -0.15) is 0 Å². The van der Waals surface area contributed by atoms with E-state index in [-0.39, 0.29) is 0 Å². The highest BCUT2D eigenvalue weighted by Crippen LogP contribution is 2.20. The van der Waals surface area contributed by atoms with Gasteiger partial charge in [0, 0.05) is 44.1 Å². The summed E-state index contributed by atoms with van der Waals surface area (Å²) in [6.45, 7) is 12.5. The minimum atomic E-state index is 0.608. The molecule has 0 spiro atoms. The molecule has 2 unspecified atom stereocenters. The molecule has 1 aliphatic heterocycles. The van der Waals surface area contributed by atoms with Crippen molar-refractivity contribution >= 4 is 0 Å². The molecular formula is C16H27N3. The Hall–Kier alpha value is -0.930. The van der Waals surface area contributed by atoms with Gasteiger partial charge in [0.05, 0.1) is 0 Å². The van der Waals surface area contributed by atoms with E-state index >= 15 is 0 Å². The van der Waals surface area contributed by atoms with Crippen molar-refractivity contribution < 1.29 is 0 Å². The Bertz CT molecular complexity index is 375. The monoisotopic (exact) mass is 261 g/mol. The first-order valence-electron chi connectivity index (χ1n) is 7.44. The Morgan fingerprint density at radius 1 is 1.21 bits per heavy atom. The summed E-state index contributed by atoms with van der Waals surface area (Å²) in [6, 6.07) is 5.49. The van der Waals surface area contributed by atoms with Gasteiger partial charge in [-0.15, -0.1) is 0 Å². The number of nitrogens with zero attached hydrogens (tertiary/aromatic N) is 2. The maximum atomic E-state index is 4.10. The number of nitrogens with one attached hydrogen (secondary N) is 1. The SMILES string of the molecule is CC(C)C1CN(Cc2ccncc2)C(C(C)C)CN1. The number of pyridine rings is 1. The lowest BCUT2D eigenvalue weighted by Crippen LogP contribution is -2.59. The predicted molar refractivity (Wildman–Crippen MR) is 79.9 cm³/mol. The molecule has 0 saturated carbocycles. The third-order valence-corrected chi connectivity index (χ3v) is 4.20. The summed E-state index contributed by atoms with van der Waals surface area (Å²) in [4.78, 5) is 6.74. The van der Waals surface area contributed by atoms with E-state index < -0.39 is 0 Å². The summed E-state index contributed by atoms with van der Waals surface area (Å²) >= 11 is 0. The number of hydrogen-bond donors (Lipinski definition) is 1. The molecule has 3 nitrogen and oxygen atoms in total. The van der Waals surface area contributed by atoms with Gasteiger partial charge < -0.3 is 5.32 Å². The number of rotatable bonds is 4. The molecule has 0 bridgehead atoms. The molecule has 2 atom stereocenters. The first-order chi connectivity index (χ1) is 9.08. The van der Waals surface area contributed by atoms with Crippen molar-refractivity contribution in [3.05, 3.63) is 30.1 Å². The molecule has 106 valence electrons. The van der Waals surface area contributed by atoms with Crippen molar-refractivity contribution in [1.29, 1.82) is 0 Å². The minimum absolute atomic E-state index is 0.608.